The monoisotopic (exact) mass is 259 g/mol. The standard InChI is InChI=1S/C14H11F2N3/c15-8-5-11-12(6-9(8)16)19-14-13(17-11)7-3-1-2-4-10(7)18-14/h5-6H,1-4H2,(H,18,19). The van der Waals surface area contributed by atoms with E-state index in [-0.39, 0.29) is 0 Å². The summed E-state index contributed by atoms with van der Waals surface area (Å²) >= 11 is 0. The van der Waals surface area contributed by atoms with Crippen LogP contribution in [0.3, 0.4) is 0 Å². The highest BCUT2D eigenvalue weighted by Crippen LogP contribution is 2.28. The lowest BCUT2D eigenvalue weighted by atomic mass is 9.97. The van der Waals surface area contributed by atoms with Crippen molar-refractivity contribution in [1.29, 1.82) is 0 Å². The number of fused-ring (bicyclic) bond motifs is 4. The van der Waals surface area contributed by atoms with Gasteiger partial charge in [0, 0.05) is 23.4 Å². The Labute approximate surface area is 107 Å². The van der Waals surface area contributed by atoms with Crippen LogP contribution in [0, 0.1) is 11.6 Å². The van der Waals surface area contributed by atoms with Gasteiger partial charge in [0.2, 0.25) is 0 Å². The van der Waals surface area contributed by atoms with E-state index in [2.05, 4.69) is 15.0 Å². The lowest BCUT2D eigenvalue weighted by Crippen LogP contribution is -2.00. The average Bonchev–Trinajstić information content (AvgIpc) is 2.75. The molecule has 2 aromatic heterocycles. The van der Waals surface area contributed by atoms with Crippen LogP contribution in [0.2, 0.25) is 0 Å². The molecule has 19 heavy (non-hydrogen) atoms. The maximum atomic E-state index is 13.3. The number of hydrogen-bond acceptors (Lipinski definition) is 2. The summed E-state index contributed by atoms with van der Waals surface area (Å²) in [5.41, 5.74) is 4.60. The first kappa shape index (κ1) is 10.8. The molecule has 5 heteroatoms. The van der Waals surface area contributed by atoms with E-state index in [9.17, 15) is 8.78 Å². The van der Waals surface area contributed by atoms with E-state index < -0.39 is 11.6 Å². The van der Waals surface area contributed by atoms with Crippen molar-refractivity contribution >= 4 is 22.2 Å². The first-order valence-electron chi connectivity index (χ1n) is 6.38. The van der Waals surface area contributed by atoms with Gasteiger partial charge < -0.3 is 4.98 Å². The molecular weight excluding hydrogens is 248 g/mol. The zero-order chi connectivity index (χ0) is 13.0. The fourth-order valence-electron chi connectivity index (χ4n) is 2.80. The molecule has 4 rings (SSSR count). The topological polar surface area (TPSA) is 41.6 Å². The van der Waals surface area contributed by atoms with Crippen LogP contribution in [0.4, 0.5) is 8.78 Å². The van der Waals surface area contributed by atoms with Gasteiger partial charge >= 0.3 is 0 Å². The van der Waals surface area contributed by atoms with Crippen LogP contribution in [-0.4, -0.2) is 15.0 Å². The molecule has 1 aliphatic carbocycles. The maximum absolute atomic E-state index is 13.3. The molecule has 0 bridgehead atoms. The highest BCUT2D eigenvalue weighted by Gasteiger charge is 2.18. The van der Waals surface area contributed by atoms with Gasteiger partial charge in [0.05, 0.1) is 11.0 Å². The summed E-state index contributed by atoms with van der Waals surface area (Å²) in [6.07, 6.45) is 4.26. The Morgan fingerprint density at radius 1 is 0.947 bits per heavy atom. The smallest absolute Gasteiger partial charge is 0.161 e. The number of nitrogens with zero attached hydrogens (tertiary/aromatic N) is 2. The molecule has 3 aromatic rings. The SMILES string of the molecule is Fc1cc2nc3[nH]c4c(c3nc2cc1F)CCCC4. The van der Waals surface area contributed by atoms with Gasteiger partial charge in [-0.25, -0.2) is 18.7 Å². The van der Waals surface area contributed by atoms with Crippen LogP contribution >= 0.6 is 0 Å². The Morgan fingerprint density at radius 2 is 1.63 bits per heavy atom. The van der Waals surface area contributed by atoms with Crippen molar-refractivity contribution in [3.63, 3.8) is 0 Å². The molecule has 96 valence electrons. The van der Waals surface area contributed by atoms with Crippen LogP contribution in [0.1, 0.15) is 24.1 Å². The molecule has 1 aliphatic rings. The van der Waals surface area contributed by atoms with Gasteiger partial charge in [-0.1, -0.05) is 0 Å². The van der Waals surface area contributed by atoms with Gasteiger partial charge in [-0.15, -0.1) is 0 Å². The van der Waals surface area contributed by atoms with Crippen molar-refractivity contribution in [2.75, 3.05) is 0 Å². The molecule has 0 amide bonds. The number of halogens is 2. The first-order valence-corrected chi connectivity index (χ1v) is 6.38. The Morgan fingerprint density at radius 3 is 2.42 bits per heavy atom. The summed E-state index contributed by atoms with van der Waals surface area (Å²) in [5, 5.41) is 0. The molecule has 0 atom stereocenters. The molecule has 0 fully saturated rings. The Balaban J connectivity index is 2.08. The van der Waals surface area contributed by atoms with E-state index in [1.165, 1.54) is 5.56 Å². The third-order valence-electron chi connectivity index (χ3n) is 3.73. The quantitative estimate of drug-likeness (QED) is 0.673. The van der Waals surface area contributed by atoms with E-state index in [1.54, 1.807) is 0 Å². The van der Waals surface area contributed by atoms with Crippen LogP contribution in [0.15, 0.2) is 12.1 Å². The maximum Gasteiger partial charge on any atom is 0.161 e. The predicted octanol–water partition coefficient (Wildman–Crippen LogP) is 3.27. The van der Waals surface area contributed by atoms with Crippen LogP contribution < -0.4 is 0 Å². The lowest BCUT2D eigenvalue weighted by molar-refractivity contribution is 0.510. The second-order valence-corrected chi connectivity index (χ2v) is 4.97. The molecule has 0 unspecified atom stereocenters. The molecule has 0 radical (unpaired) electrons. The number of benzene rings is 1. The molecule has 0 saturated carbocycles. The minimum absolute atomic E-state index is 0.380. The highest BCUT2D eigenvalue weighted by molar-refractivity contribution is 5.87. The third kappa shape index (κ3) is 1.54. The van der Waals surface area contributed by atoms with Crippen LogP contribution in [0.5, 0.6) is 0 Å². The number of aryl methyl sites for hydroxylation is 2. The third-order valence-corrected chi connectivity index (χ3v) is 3.73. The highest BCUT2D eigenvalue weighted by atomic mass is 19.2. The fourth-order valence-corrected chi connectivity index (χ4v) is 2.80. The number of nitrogens with one attached hydrogen (secondary N) is 1. The summed E-state index contributed by atoms with van der Waals surface area (Å²) in [4.78, 5) is 12.1. The summed E-state index contributed by atoms with van der Waals surface area (Å²) < 4.78 is 26.5. The molecule has 1 aromatic carbocycles. The van der Waals surface area contributed by atoms with E-state index in [4.69, 9.17) is 0 Å². The largest absolute Gasteiger partial charge is 0.342 e. The van der Waals surface area contributed by atoms with Crippen molar-refractivity contribution in [2.24, 2.45) is 0 Å². The number of aromatic nitrogens is 3. The molecule has 3 nitrogen and oxygen atoms in total. The first-order chi connectivity index (χ1) is 9.22. The van der Waals surface area contributed by atoms with Gasteiger partial charge in [0.15, 0.2) is 17.3 Å². The van der Waals surface area contributed by atoms with Gasteiger partial charge in [-0.05, 0) is 25.7 Å². The number of hydrogen-bond donors (Lipinski definition) is 1. The Bertz CT molecular complexity index is 807. The normalized spacial score (nSPS) is 15.1. The number of aromatic amines is 1. The predicted molar refractivity (Wildman–Crippen MR) is 68.0 cm³/mol. The minimum atomic E-state index is -0.891. The van der Waals surface area contributed by atoms with E-state index in [1.807, 2.05) is 0 Å². The lowest BCUT2D eigenvalue weighted by Gasteiger charge is -2.09. The molecule has 0 spiro atoms. The van der Waals surface area contributed by atoms with Crippen LogP contribution in [0.25, 0.3) is 22.2 Å². The Hall–Kier alpha value is -2.04. The van der Waals surface area contributed by atoms with Crippen molar-refractivity contribution in [1.82, 2.24) is 15.0 Å². The molecule has 0 aliphatic heterocycles. The van der Waals surface area contributed by atoms with E-state index in [0.29, 0.717) is 16.7 Å². The average molecular weight is 259 g/mol. The van der Waals surface area contributed by atoms with Crippen molar-refractivity contribution in [2.45, 2.75) is 25.7 Å². The number of H-pyrrole nitrogens is 1. The van der Waals surface area contributed by atoms with E-state index in [0.717, 1.165) is 49.0 Å². The zero-order valence-electron chi connectivity index (χ0n) is 10.1. The second kappa shape index (κ2) is 3.73. The molecule has 2 heterocycles. The van der Waals surface area contributed by atoms with Gasteiger partial charge in [0.25, 0.3) is 0 Å². The summed E-state index contributed by atoms with van der Waals surface area (Å²) in [7, 11) is 0. The van der Waals surface area contributed by atoms with Gasteiger partial charge in [0.1, 0.15) is 5.52 Å². The van der Waals surface area contributed by atoms with Gasteiger partial charge in [-0.2, -0.15) is 0 Å². The summed E-state index contributed by atoms with van der Waals surface area (Å²) in [6.45, 7) is 0. The minimum Gasteiger partial charge on any atom is -0.342 e. The van der Waals surface area contributed by atoms with Crippen molar-refractivity contribution in [3.8, 4) is 0 Å². The van der Waals surface area contributed by atoms with Gasteiger partial charge in [-0.3, -0.25) is 0 Å². The summed E-state index contributed by atoms with van der Waals surface area (Å²) in [6, 6.07) is 2.20. The second-order valence-electron chi connectivity index (χ2n) is 4.97. The Kier molecular flexibility index (Phi) is 2.13. The van der Waals surface area contributed by atoms with Crippen LogP contribution in [-0.2, 0) is 12.8 Å². The van der Waals surface area contributed by atoms with E-state index >= 15 is 0 Å². The number of rotatable bonds is 0. The molecular formula is C14H11F2N3. The molecule has 0 saturated heterocycles. The zero-order valence-corrected chi connectivity index (χ0v) is 10.1. The van der Waals surface area contributed by atoms with Crippen molar-refractivity contribution < 1.29 is 8.78 Å². The summed E-state index contributed by atoms with van der Waals surface area (Å²) in [5.74, 6) is -1.77. The van der Waals surface area contributed by atoms with Crippen molar-refractivity contribution in [3.05, 3.63) is 35.0 Å². The molecule has 1 N–H and O–H groups in total. The fraction of sp³-hybridized carbons (Fsp3) is 0.286.